The summed E-state index contributed by atoms with van der Waals surface area (Å²) >= 11 is 6.42. The number of phenolic OH excluding ortho intramolecular Hbond substituents is 2. The van der Waals surface area contributed by atoms with Gasteiger partial charge in [-0.15, -0.1) is 0 Å². The second-order valence-corrected chi connectivity index (χ2v) is 6.64. The van der Waals surface area contributed by atoms with Gasteiger partial charge in [-0.2, -0.15) is 5.26 Å². The van der Waals surface area contributed by atoms with Gasteiger partial charge in [-0.05, 0) is 54.1 Å². The third kappa shape index (κ3) is 3.11. The van der Waals surface area contributed by atoms with Gasteiger partial charge in [0.1, 0.15) is 5.75 Å². The number of nitriles is 1. The number of nitrogens with zero attached hydrogens (tertiary/aromatic N) is 2. The van der Waals surface area contributed by atoms with Gasteiger partial charge >= 0.3 is 0 Å². The average molecular weight is 391 g/mol. The Morgan fingerprint density at radius 3 is 2.32 bits per heavy atom. The first kappa shape index (κ1) is 17.8. The van der Waals surface area contributed by atoms with E-state index in [-0.39, 0.29) is 5.75 Å². The number of fused-ring (bicyclic) bond motifs is 1. The van der Waals surface area contributed by atoms with E-state index >= 15 is 0 Å². The lowest BCUT2D eigenvalue weighted by molar-refractivity contribution is 0.432. The predicted octanol–water partition coefficient (Wildman–Crippen LogP) is 5.64. The van der Waals surface area contributed by atoms with Crippen molar-refractivity contribution in [2.75, 3.05) is 0 Å². The van der Waals surface area contributed by atoms with E-state index in [1.807, 2.05) is 0 Å². The van der Waals surface area contributed by atoms with E-state index < -0.39 is 11.6 Å². The molecule has 0 aliphatic rings. The predicted molar refractivity (Wildman–Crippen MR) is 106 cm³/mol. The minimum absolute atomic E-state index is 0.0268. The minimum atomic E-state index is -0.756. The van der Waals surface area contributed by atoms with Crippen molar-refractivity contribution >= 4 is 22.5 Å². The molecule has 0 spiro atoms. The van der Waals surface area contributed by atoms with Crippen LogP contribution >= 0.6 is 11.6 Å². The van der Waals surface area contributed by atoms with E-state index in [1.54, 1.807) is 42.5 Å². The van der Waals surface area contributed by atoms with Gasteiger partial charge in [-0.1, -0.05) is 23.7 Å². The lowest BCUT2D eigenvalue weighted by atomic mass is 9.99. The number of rotatable bonds is 2. The molecule has 4 aromatic rings. The van der Waals surface area contributed by atoms with Gasteiger partial charge in [0.05, 0.1) is 27.9 Å². The molecule has 2 N–H and O–H groups in total. The summed E-state index contributed by atoms with van der Waals surface area (Å²) in [5.41, 5.74) is 3.30. The van der Waals surface area contributed by atoms with Crippen LogP contribution in [0.4, 0.5) is 4.39 Å². The maximum Gasteiger partial charge on any atom is 0.165 e. The van der Waals surface area contributed by atoms with Crippen molar-refractivity contribution in [2.45, 2.75) is 0 Å². The maximum absolute atomic E-state index is 13.8. The topological polar surface area (TPSA) is 77.1 Å². The van der Waals surface area contributed by atoms with Crippen LogP contribution in [0.25, 0.3) is 33.3 Å². The van der Waals surface area contributed by atoms with E-state index in [2.05, 4.69) is 11.1 Å². The van der Waals surface area contributed by atoms with Crippen LogP contribution in [0.3, 0.4) is 0 Å². The number of phenols is 2. The van der Waals surface area contributed by atoms with E-state index in [4.69, 9.17) is 16.9 Å². The molecule has 0 saturated carbocycles. The summed E-state index contributed by atoms with van der Waals surface area (Å²) in [4.78, 5) is 4.63. The molecule has 1 heterocycles. The second-order valence-electron chi connectivity index (χ2n) is 6.23. The molecule has 136 valence electrons. The monoisotopic (exact) mass is 390 g/mol. The maximum atomic E-state index is 13.8. The van der Waals surface area contributed by atoms with Gasteiger partial charge < -0.3 is 10.2 Å². The van der Waals surface area contributed by atoms with Crippen molar-refractivity contribution in [3.05, 3.63) is 77.1 Å². The van der Waals surface area contributed by atoms with E-state index in [0.29, 0.717) is 38.3 Å². The fourth-order valence-corrected chi connectivity index (χ4v) is 3.28. The smallest absolute Gasteiger partial charge is 0.165 e. The molecule has 0 bridgehead atoms. The standard InChI is InChI=1S/C22H12ClFN2O2/c23-18-10-20(14-5-6-21(28)19(24)7-14)26-22-16(8-15(27)9-17(18)22)13-3-1-12(11-25)2-4-13/h1-10,27-28H. The molecular formula is C22H12ClFN2O2. The van der Waals surface area contributed by atoms with E-state index in [9.17, 15) is 14.6 Å². The summed E-state index contributed by atoms with van der Waals surface area (Å²) in [5.74, 6) is -1.17. The zero-order valence-corrected chi connectivity index (χ0v) is 15.1. The molecule has 0 radical (unpaired) electrons. The summed E-state index contributed by atoms with van der Waals surface area (Å²) in [5, 5.41) is 29.4. The second kappa shape index (κ2) is 6.84. The van der Waals surface area contributed by atoms with Crippen molar-refractivity contribution in [2.24, 2.45) is 0 Å². The van der Waals surface area contributed by atoms with Crippen molar-refractivity contribution < 1.29 is 14.6 Å². The molecule has 0 atom stereocenters. The molecule has 6 heteroatoms. The van der Waals surface area contributed by atoms with Crippen LogP contribution in [0, 0.1) is 17.1 Å². The molecule has 28 heavy (non-hydrogen) atoms. The summed E-state index contributed by atoms with van der Waals surface area (Å²) in [6.07, 6.45) is 0. The number of benzene rings is 3. The Kier molecular flexibility index (Phi) is 4.34. The van der Waals surface area contributed by atoms with Crippen LogP contribution in [0.5, 0.6) is 11.5 Å². The van der Waals surface area contributed by atoms with Gasteiger partial charge in [0, 0.05) is 16.5 Å². The Balaban J connectivity index is 1.98. The number of aromatic nitrogens is 1. The van der Waals surface area contributed by atoms with Gasteiger partial charge in [0.2, 0.25) is 0 Å². The van der Waals surface area contributed by atoms with Crippen LogP contribution in [0.2, 0.25) is 5.02 Å². The molecule has 4 nitrogen and oxygen atoms in total. The van der Waals surface area contributed by atoms with Crippen LogP contribution in [0.1, 0.15) is 5.56 Å². The average Bonchev–Trinajstić information content (AvgIpc) is 2.70. The van der Waals surface area contributed by atoms with E-state index in [1.165, 1.54) is 18.2 Å². The number of aromatic hydroxyl groups is 2. The number of halogens is 2. The van der Waals surface area contributed by atoms with Gasteiger partial charge in [0.25, 0.3) is 0 Å². The van der Waals surface area contributed by atoms with Crippen molar-refractivity contribution in [3.63, 3.8) is 0 Å². The SMILES string of the molecule is N#Cc1ccc(-c2cc(O)cc3c(Cl)cc(-c4ccc(O)c(F)c4)nc23)cc1. The molecule has 3 aromatic carbocycles. The summed E-state index contributed by atoms with van der Waals surface area (Å²) < 4.78 is 13.8. The number of hydrogen-bond acceptors (Lipinski definition) is 4. The van der Waals surface area contributed by atoms with Crippen LogP contribution < -0.4 is 0 Å². The van der Waals surface area contributed by atoms with Crippen molar-refractivity contribution in [1.29, 1.82) is 5.26 Å². The molecule has 0 fully saturated rings. The van der Waals surface area contributed by atoms with Gasteiger partial charge in [-0.25, -0.2) is 9.37 Å². The molecule has 0 aliphatic heterocycles. The highest BCUT2D eigenvalue weighted by molar-refractivity contribution is 6.36. The Bertz CT molecular complexity index is 1260. The Morgan fingerprint density at radius 2 is 1.64 bits per heavy atom. The summed E-state index contributed by atoms with van der Waals surface area (Å²) in [6, 6.07) is 17.6. The first-order chi connectivity index (χ1) is 13.5. The Morgan fingerprint density at radius 1 is 0.929 bits per heavy atom. The normalized spacial score (nSPS) is 10.8. The highest BCUT2D eigenvalue weighted by Gasteiger charge is 2.14. The third-order valence-electron chi connectivity index (χ3n) is 4.42. The molecule has 0 aliphatic carbocycles. The fraction of sp³-hybridized carbons (Fsp3) is 0. The number of pyridine rings is 1. The quantitative estimate of drug-likeness (QED) is 0.464. The molecule has 1 aromatic heterocycles. The first-order valence-corrected chi connectivity index (χ1v) is 8.67. The highest BCUT2D eigenvalue weighted by Crippen LogP contribution is 2.37. The Hall–Kier alpha value is -3.62. The zero-order valence-electron chi connectivity index (χ0n) is 14.3. The van der Waals surface area contributed by atoms with E-state index in [0.717, 1.165) is 5.56 Å². The molecule has 0 amide bonds. The molecule has 4 rings (SSSR count). The van der Waals surface area contributed by atoms with Crippen molar-refractivity contribution in [3.8, 4) is 40.0 Å². The molecular weight excluding hydrogens is 379 g/mol. The number of hydrogen-bond donors (Lipinski definition) is 2. The van der Waals surface area contributed by atoms with Crippen LogP contribution in [0.15, 0.2) is 60.7 Å². The summed E-state index contributed by atoms with van der Waals surface area (Å²) in [6.45, 7) is 0. The lowest BCUT2D eigenvalue weighted by Crippen LogP contribution is -1.91. The fourth-order valence-electron chi connectivity index (χ4n) is 3.03. The molecule has 0 unspecified atom stereocenters. The first-order valence-electron chi connectivity index (χ1n) is 8.29. The highest BCUT2D eigenvalue weighted by atomic mass is 35.5. The third-order valence-corrected chi connectivity index (χ3v) is 4.73. The van der Waals surface area contributed by atoms with Crippen molar-refractivity contribution in [1.82, 2.24) is 4.98 Å². The van der Waals surface area contributed by atoms with Crippen LogP contribution in [-0.2, 0) is 0 Å². The zero-order chi connectivity index (χ0) is 19.8. The lowest BCUT2D eigenvalue weighted by Gasteiger charge is -2.11. The summed E-state index contributed by atoms with van der Waals surface area (Å²) in [7, 11) is 0. The Labute approximate surface area is 164 Å². The molecule has 0 saturated heterocycles. The minimum Gasteiger partial charge on any atom is -0.508 e. The van der Waals surface area contributed by atoms with Gasteiger partial charge in [0.15, 0.2) is 11.6 Å². The van der Waals surface area contributed by atoms with Crippen LogP contribution in [-0.4, -0.2) is 15.2 Å². The largest absolute Gasteiger partial charge is 0.508 e. The van der Waals surface area contributed by atoms with Gasteiger partial charge in [-0.3, -0.25) is 0 Å².